The Hall–Kier alpha value is -3.38. The third kappa shape index (κ3) is 6.71. The van der Waals surface area contributed by atoms with Crippen LogP contribution in [0.4, 0.5) is 11.9 Å². The Kier molecular flexibility index (Phi) is 10.5. The van der Waals surface area contributed by atoms with Crippen molar-refractivity contribution < 1.29 is 19.8 Å². The number of piperidine rings is 2. The van der Waals surface area contributed by atoms with Crippen molar-refractivity contribution in [1.82, 2.24) is 29.7 Å². The minimum Gasteiger partial charge on any atom is -0.393 e. The third-order valence-corrected chi connectivity index (χ3v) is 18.5. The Morgan fingerprint density at radius 3 is 1.26 bits per heavy atom. The number of hydrogen-bond acceptors (Lipinski definition) is 10. The molecular weight excluding hydrogens is 765 g/mol. The monoisotopic (exact) mass is 837 g/mol. The highest BCUT2D eigenvalue weighted by Crippen LogP contribution is 2.61. The fourth-order valence-corrected chi connectivity index (χ4v) is 15.9. The van der Waals surface area contributed by atoms with Crippen LogP contribution >= 0.6 is 0 Å². The molecule has 332 valence electrons. The van der Waals surface area contributed by atoms with Crippen molar-refractivity contribution in [1.29, 1.82) is 0 Å². The predicted octanol–water partition coefficient (Wildman–Crippen LogP) is 6.23. The number of aromatic nitrogens is 4. The topological polar surface area (TPSA) is 139 Å². The number of aliphatic hydroxyl groups is 2. The molecule has 8 saturated carbocycles. The van der Waals surface area contributed by atoms with E-state index in [0.29, 0.717) is 47.3 Å². The highest BCUT2D eigenvalue weighted by molar-refractivity contribution is 5.87. The van der Waals surface area contributed by atoms with Gasteiger partial charge in [-0.1, -0.05) is 21.3 Å². The van der Waals surface area contributed by atoms with Gasteiger partial charge in [0.2, 0.25) is 23.7 Å². The SMILES string of the molecule is C.CCc1cnc(N2CCCC3(CCN(C45CC6CC(C4)C(O)C(C6)C5)C3=O)C2)nc1.CCc1cnc(N2CCCC3(CCN(C45CC6CC(C4)C(O)C(C6)C5)C3=O)C2)nc1. The molecule has 6 unspecified atom stereocenters. The maximum Gasteiger partial charge on any atom is 0.231 e. The van der Waals surface area contributed by atoms with E-state index in [1.165, 1.54) is 38.5 Å². The van der Waals surface area contributed by atoms with E-state index in [4.69, 9.17) is 0 Å². The first-order valence-electron chi connectivity index (χ1n) is 24.2. The number of likely N-dealkylation sites (tertiary alicyclic amines) is 2. The molecule has 2 amide bonds. The van der Waals surface area contributed by atoms with E-state index in [1.54, 1.807) is 0 Å². The van der Waals surface area contributed by atoms with Crippen LogP contribution in [0.5, 0.6) is 0 Å². The van der Waals surface area contributed by atoms with Gasteiger partial charge in [0.05, 0.1) is 23.0 Å². The third-order valence-electron chi connectivity index (χ3n) is 18.5. The van der Waals surface area contributed by atoms with Gasteiger partial charge in [-0.3, -0.25) is 9.59 Å². The number of rotatable bonds is 6. The second-order valence-corrected chi connectivity index (χ2v) is 21.9. The smallest absolute Gasteiger partial charge is 0.231 e. The van der Waals surface area contributed by atoms with Gasteiger partial charge >= 0.3 is 0 Å². The first kappa shape index (κ1) is 41.6. The van der Waals surface area contributed by atoms with Crippen LogP contribution in [0.1, 0.15) is 135 Å². The molecule has 6 atom stereocenters. The van der Waals surface area contributed by atoms with Crippen molar-refractivity contribution in [3.05, 3.63) is 35.9 Å². The highest BCUT2D eigenvalue weighted by Gasteiger charge is 2.64. The Morgan fingerprint density at radius 1 is 0.557 bits per heavy atom. The number of anilines is 2. The quantitative estimate of drug-likeness (QED) is 0.345. The molecule has 14 rings (SSSR count). The van der Waals surface area contributed by atoms with E-state index in [-0.39, 0.29) is 41.5 Å². The van der Waals surface area contributed by atoms with Crippen molar-refractivity contribution >= 4 is 23.7 Å². The Balaban J connectivity index is 0.000000144. The van der Waals surface area contributed by atoms with Crippen LogP contribution in [0.15, 0.2) is 24.8 Å². The first-order valence-corrected chi connectivity index (χ1v) is 24.2. The molecule has 61 heavy (non-hydrogen) atoms. The van der Waals surface area contributed by atoms with Crippen LogP contribution in [-0.2, 0) is 22.4 Å². The van der Waals surface area contributed by atoms with Crippen LogP contribution in [-0.4, -0.2) is 114 Å². The number of aliphatic hydroxyl groups excluding tert-OH is 2. The zero-order chi connectivity index (χ0) is 41.0. The summed E-state index contributed by atoms with van der Waals surface area (Å²) in [7, 11) is 0. The first-order chi connectivity index (χ1) is 29.0. The van der Waals surface area contributed by atoms with Crippen molar-refractivity contribution in [2.24, 2.45) is 46.3 Å². The van der Waals surface area contributed by atoms with Crippen LogP contribution in [0.3, 0.4) is 0 Å². The van der Waals surface area contributed by atoms with Crippen molar-refractivity contribution in [3.63, 3.8) is 0 Å². The van der Waals surface area contributed by atoms with Crippen LogP contribution in [0, 0.1) is 46.3 Å². The molecule has 12 heteroatoms. The minimum absolute atomic E-state index is 0. The lowest BCUT2D eigenvalue weighted by Gasteiger charge is -2.61. The molecule has 4 aliphatic heterocycles. The van der Waals surface area contributed by atoms with Gasteiger partial charge in [0.15, 0.2) is 0 Å². The van der Waals surface area contributed by atoms with Crippen molar-refractivity contribution in [2.75, 3.05) is 49.1 Å². The maximum absolute atomic E-state index is 14.0. The zero-order valence-corrected chi connectivity index (χ0v) is 36.2. The summed E-state index contributed by atoms with van der Waals surface area (Å²) in [6, 6.07) is 0. The molecule has 12 fully saturated rings. The summed E-state index contributed by atoms with van der Waals surface area (Å²) in [5.41, 5.74) is 1.81. The summed E-state index contributed by atoms with van der Waals surface area (Å²) < 4.78 is 0. The fourth-order valence-electron chi connectivity index (χ4n) is 15.9. The number of aryl methyl sites for hydroxylation is 2. The fraction of sp³-hybridized carbons (Fsp3) is 0.796. The molecule has 2 N–H and O–H groups in total. The summed E-state index contributed by atoms with van der Waals surface area (Å²) in [6.45, 7) is 9.39. The second kappa shape index (κ2) is 15.4. The summed E-state index contributed by atoms with van der Waals surface area (Å²) in [4.78, 5) is 55.4. The van der Waals surface area contributed by atoms with Gasteiger partial charge in [0, 0.05) is 75.1 Å². The number of carbonyl (C=O) groups is 2. The van der Waals surface area contributed by atoms with Gasteiger partial charge in [-0.2, -0.15) is 0 Å². The average Bonchev–Trinajstić information content (AvgIpc) is 3.75. The minimum atomic E-state index is -0.271. The molecule has 6 heterocycles. The standard InChI is InChI=1S/2C24H34N4O2.CH4/c2*1-2-16-13-25-22(26-14-16)27-6-3-4-23(15-27)5-7-28(21(23)30)24-10-17-8-18(11-24)20(29)19(9-17)12-24;/h2*13-14,17-20,29H,2-12,15H2,1H3;1H4. The molecule has 2 aromatic heterocycles. The molecule has 2 aromatic rings. The maximum atomic E-state index is 14.0. The molecule has 4 saturated heterocycles. The van der Waals surface area contributed by atoms with E-state index >= 15 is 0 Å². The van der Waals surface area contributed by atoms with Crippen molar-refractivity contribution in [2.45, 2.75) is 160 Å². The van der Waals surface area contributed by atoms with E-state index in [0.717, 1.165) is 139 Å². The van der Waals surface area contributed by atoms with Gasteiger partial charge < -0.3 is 29.8 Å². The molecule has 8 bridgehead atoms. The van der Waals surface area contributed by atoms with Crippen LogP contribution < -0.4 is 9.80 Å². The Bertz CT molecular complexity index is 1790. The summed E-state index contributed by atoms with van der Waals surface area (Å²) in [5, 5.41) is 21.3. The average molecular weight is 837 g/mol. The molecule has 0 radical (unpaired) electrons. The molecule has 12 aliphatic rings. The summed E-state index contributed by atoms with van der Waals surface area (Å²) in [5.74, 6) is 5.38. The number of carbonyl (C=O) groups excluding carboxylic acids is 2. The number of hydrogen-bond donors (Lipinski definition) is 2. The molecular formula is C49H72N8O4. The zero-order valence-electron chi connectivity index (χ0n) is 36.2. The van der Waals surface area contributed by atoms with Gasteiger partial charge in [0.1, 0.15) is 0 Å². The van der Waals surface area contributed by atoms with E-state index < -0.39 is 0 Å². The molecule has 0 aromatic carbocycles. The largest absolute Gasteiger partial charge is 0.393 e. The summed E-state index contributed by atoms with van der Waals surface area (Å²) in [6.07, 6.45) is 26.4. The van der Waals surface area contributed by atoms with Gasteiger partial charge in [-0.25, -0.2) is 19.9 Å². The van der Waals surface area contributed by atoms with Crippen LogP contribution in [0.2, 0.25) is 0 Å². The lowest BCUT2D eigenvalue weighted by Crippen LogP contribution is -2.65. The summed E-state index contributed by atoms with van der Waals surface area (Å²) >= 11 is 0. The van der Waals surface area contributed by atoms with Crippen molar-refractivity contribution in [3.8, 4) is 0 Å². The van der Waals surface area contributed by atoms with E-state index in [9.17, 15) is 19.8 Å². The Morgan fingerprint density at radius 2 is 0.918 bits per heavy atom. The number of amides is 2. The lowest BCUT2D eigenvalue weighted by molar-refractivity contribution is -0.168. The van der Waals surface area contributed by atoms with Gasteiger partial charge in [0.25, 0.3) is 0 Å². The molecule has 12 nitrogen and oxygen atoms in total. The normalized spacial score (nSPS) is 41.8. The Labute approximate surface area is 363 Å². The van der Waals surface area contributed by atoms with Crippen LogP contribution in [0.25, 0.3) is 0 Å². The number of nitrogens with zero attached hydrogens (tertiary/aromatic N) is 8. The predicted molar refractivity (Wildman–Crippen MR) is 235 cm³/mol. The van der Waals surface area contributed by atoms with Gasteiger partial charge in [-0.05, 0) is 162 Å². The van der Waals surface area contributed by atoms with Gasteiger partial charge in [-0.15, -0.1) is 0 Å². The highest BCUT2D eigenvalue weighted by atomic mass is 16.3. The second-order valence-electron chi connectivity index (χ2n) is 21.9. The molecule has 2 spiro atoms. The van der Waals surface area contributed by atoms with E-state index in [1.807, 2.05) is 24.8 Å². The molecule has 8 aliphatic carbocycles. The van der Waals surface area contributed by atoms with E-state index in [2.05, 4.69) is 53.4 Å². The lowest BCUT2D eigenvalue weighted by atomic mass is 9.51.